The molecule has 0 saturated heterocycles. The summed E-state index contributed by atoms with van der Waals surface area (Å²) in [6, 6.07) is 8.09. The van der Waals surface area contributed by atoms with Crippen LogP contribution in [0.25, 0.3) is 0 Å². The first-order chi connectivity index (χ1) is 8.85. The molecule has 1 aromatic rings. The van der Waals surface area contributed by atoms with Crippen LogP contribution in [0.4, 0.5) is 0 Å². The van der Waals surface area contributed by atoms with Gasteiger partial charge in [-0.05, 0) is 52.7 Å². The van der Waals surface area contributed by atoms with Gasteiger partial charge in [-0.15, -0.1) is 0 Å². The summed E-state index contributed by atoms with van der Waals surface area (Å²) < 4.78 is 5.72. The van der Waals surface area contributed by atoms with Crippen LogP contribution >= 0.6 is 0 Å². The predicted octanol–water partition coefficient (Wildman–Crippen LogP) is 3.76. The molecule has 0 fully saturated rings. The Morgan fingerprint density at radius 2 is 2.11 bits per heavy atom. The second-order valence-electron chi connectivity index (χ2n) is 5.66. The van der Waals surface area contributed by atoms with Crippen molar-refractivity contribution in [2.75, 3.05) is 6.61 Å². The van der Waals surface area contributed by atoms with Crippen molar-refractivity contribution in [3.05, 3.63) is 29.3 Å². The molecule has 0 spiro atoms. The lowest BCUT2D eigenvalue weighted by Crippen LogP contribution is -2.10. The number of hydrogen-bond donors (Lipinski definition) is 1. The molecule has 0 heterocycles. The van der Waals surface area contributed by atoms with Gasteiger partial charge < -0.3 is 9.84 Å². The maximum absolute atomic E-state index is 9.73. The lowest BCUT2D eigenvalue weighted by atomic mass is 9.90. The topological polar surface area (TPSA) is 53.2 Å². The van der Waals surface area contributed by atoms with Crippen LogP contribution in [0, 0.1) is 23.7 Å². The number of hydrogen-bond acceptors (Lipinski definition) is 3. The molecule has 0 radical (unpaired) electrons. The third-order valence-electron chi connectivity index (χ3n) is 3.12. The van der Waals surface area contributed by atoms with Crippen LogP contribution in [0.5, 0.6) is 5.75 Å². The van der Waals surface area contributed by atoms with E-state index >= 15 is 0 Å². The third-order valence-corrected chi connectivity index (χ3v) is 3.12. The monoisotopic (exact) mass is 261 g/mol. The number of ether oxygens (including phenoxy) is 1. The molecule has 19 heavy (non-hydrogen) atoms. The van der Waals surface area contributed by atoms with Gasteiger partial charge in [-0.25, -0.2) is 0 Å². The van der Waals surface area contributed by atoms with Gasteiger partial charge in [0.25, 0.3) is 0 Å². The average Bonchev–Trinajstić information content (AvgIpc) is 2.36. The second-order valence-corrected chi connectivity index (χ2v) is 5.66. The number of aliphatic hydroxyl groups is 1. The van der Waals surface area contributed by atoms with Crippen LogP contribution < -0.4 is 4.74 Å². The minimum absolute atomic E-state index is 0.302. The lowest BCUT2D eigenvalue weighted by Gasteiger charge is -2.17. The molecule has 1 atom stereocenters. The molecule has 0 unspecified atom stereocenters. The van der Waals surface area contributed by atoms with Crippen LogP contribution in [0.15, 0.2) is 18.2 Å². The molecular formula is C16H23NO2. The Morgan fingerprint density at radius 3 is 2.68 bits per heavy atom. The van der Waals surface area contributed by atoms with Crippen molar-refractivity contribution in [2.45, 2.75) is 46.6 Å². The van der Waals surface area contributed by atoms with E-state index in [9.17, 15) is 5.11 Å². The molecule has 104 valence electrons. The molecule has 3 heteroatoms. The van der Waals surface area contributed by atoms with Crippen LogP contribution in [0.2, 0.25) is 0 Å². The number of benzene rings is 1. The van der Waals surface area contributed by atoms with Gasteiger partial charge in [0.2, 0.25) is 0 Å². The van der Waals surface area contributed by atoms with Crippen molar-refractivity contribution in [3.63, 3.8) is 0 Å². The largest absolute Gasteiger partial charge is 0.493 e. The van der Waals surface area contributed by atoms with Crippen molar-refractivity contribution < 1.29 is 9.84 Å². The Kier molecular flexibility index (Phi) is 5.38. The quantitative estimate of drug-likeness (QED) is 0.793. The standard InChI is InChI=1S/C16H23NO2/c1-12-6-7-15(14(10-12)13(2)18)19-9-5-8-16(3,4)11-17/h6-7,10,13,18H,5,8-9H2,1-4H3/t13-/m0/s1. The smallest absolute Gasteiger partial charge is 0.125 e. The Hall–Kier alpha value is -1.53. The highest BCUT2D eigenvalue weighted by Gasteiger charge is 2.16. The number of aliphatic hydroxyl groups excluding tert-OH is 1. The normalized spacial score (nSPS) is 12.8. The van der Waals surface area contributed by atoms with Crippen LogP contribution in [-0.2, 0) is 0 Å². The first-order valence-electron chi connectivity index (χ1n) is 6.68. The summed E-state index contributed by atoms with van der Waals surface area (Å²) in [5, 5.41) is 18.7. The molecule has 0 aliphatic rings. The number of nitriles is 1. The average molecular weight is 261 g/mol. The van der Waals surface area contributed by atoms with Crippen LogP contribution in [0.1, 0.15) is 50.8 Å². The summed E-state index contributed by atoms with van der Waals surface area (Å²) in [6.07, 6.45) is 1.10. The van der Waals surface area contributed by atoms with E-state index < -0.39 is 6.10 Å². The second kappa shape index (κ2) is 6.58. The molecular weight excluding hydrogens is 238 g/mol. The zero-order valence-electron chi connectivity index (χ0n) is 12.2. The van der Waals surface area contributed by atoms with Gasteiger partial charge in [-0.3, -0.25) is 0 Å². The fraction of sp³-hybridized carbons (Fsp3) is 0.562. The third kappa shape index (κ3) is 4.92. The summed E-state index contributed by atoms with van der Waals surface area (Å²) in [6.45, 7) is 8.15. The van der Waals surface area contributed by atoms with E-state index in [0.29, 0.717) is 6.61 Å². The zero-order chi connectivity index (χ0) is 14.5. The highest BCUT2D eigenvalue weighted by Crippen LogP contribution is 2.27. The van der Waals surface area contributed by atoms with Gasteiger partial charge in [-0.1, -0.05) is 11.6 Å². The molecule has 1 N–H and O–H groups in total. The molecule has 1 aromatic carbocycles. The van der Waals surface area contributed by atoms with E-state index in [4.69, 9.17) is 10.00 Å². The van der Waals surface area contributed by atoms with Gasteiger partial charge in [0.05, 0.1) is 24.2 Å². The minimum atomic E-state index is -0.537. The Balaban J connectivity index is 2.57. The van der Waals surface area contributed by atoms with E-state index in [1.807, 2.05) is 39.0 Å². The predicted molar refractivity (Wildman–Crippen MR) is 75.9 cm³/mol. The molecule has 0 saturated carbocycles. The van der Waals surface area contributed by atoms with Gasteiger partial charge in [-0.2, -0.15) is 5.26 Å². The molecule has 1 rings (SSSR count). The molecule has 0 aliphatic carbocycles. The Morgan fingerprint density at radius 1 is 1.42 bits per heavy atom. The van der Waals surface area contributed by atoms with Gasteiger partial charge in [0.15, 0.2) is 0 Å². The van der Waals surface area contributed by atoms with Crippen molar-refractivity contribution in [2.24, 2.45) is 5.41 Å². The number of aryl methyl sites for hydroxylation is 1. The molecule has 0 aromatic heterocycles. The summed E-state index contributed by atoms with van der Waals surface area (Å²) in [5.74, 6) is 0.732. The highest BCUT2D eigenvalue weighted by atomic mass is 16.5. The number of nitrogens with zero attached hydrogens (tertiary/aromatic N) is 1. The van der Waals surface area contributed by atoms with Crippen molar-refractivity contribution >= 4 is 0 Å². The fourth-order valence-corrected chi connectivity index (χ4v) is 1.88. The van der Waals surface area contributed by atoms with Crippen molar-refractivity contribution in [1.29, 1.82) is 5.26 Å². The van der Waals surface area contributed by atoms with Crippen LogP contribution in [0.3, 0.4) is 0 Å². The maximum atomic E-state index is 9.73. The maximum Gasteiger partial charge on any atom is 0.125 e. The first-order valence-corrected chi connectivity index (χ1v) is 6.68. The minimum Gasteiger partial charge on any atom is -0.493 e. The van der Waals surface area contributed by atoms with Crippen molar-refractivity contribution in [3.8, 4) is 11.8 Å². The van der Waals surface area contributed by atoms with E-state index in [1.165, 1.54) is 0 Å². The van der Waals surface area contributed by atoms with E-state index in [1.54, 1.807) is 6.92 Å². The SMILES string of the molecule is Cc1ccc(OCCCC(C)(C)C#N)c([C@H](C)O)c1. The summed E-state index contributed by atoms with van der Waals surface area (Å²) >= 11 is 0. The fourth-order valence-electron chi connectivity index (χ4n) is 1.88. The highest BCUT2D eigenvalue weighted by molar-refractivity contribution is 5.38. The first kappa shape index (κ1) is 15.5. The molecule has 3 nitrogen and oxygen atoms in total. The Labute approximate surface area is 115 Å². The van der Waals surface area contributed by atoms with Gasteiger partial charge >= 0.3 is 0 Å². The van der Waals surface area contributed by atoms with E-state index in [2.05, 4.69) is 6.07 Å². The summed E-state index contributed by atoms with van der Waals surface area (Å²) in [7, 11) is 0. The molecule has 0 amide bonds. The van der Waals surface area contributed by atoms with Gasteiger partial charge in [0, 0.05) is 5.56 Å². The molecule has 0 bridgehead atoms. The van der Waals surface area contributed by atoms with Crippen molar-refractivity contribution in [1.82, 2.24) is 0 Å². The van der Waals surface area contributed by atoms with E-state index in [0.717, 1.165) is 29.7 Å². The lowest BCUT2D eigenvalue weighted by molar-refractivity contribution is 0.190. The zero-order valence-corrected chi connectivity index (χ0v) is 12.2. The van der Waals surface area contributed by atoms with Gasteiger partial charge in [0.1, 0.15) is 5.75 Å². The van der Waals surface area contributed by atoms with Crippen LogP contribution in [-0.4, -0.2) is 11.7 Å². The Bertz CT molecular complexity index is 458. The van der Waals surface area contributed by atoms with E-state index in [-0.39, 0.29) is 5.41 Å². The summed E-state index contributed by atoms with van der Waals surface area (Å²) in [5.41, 5.74) is 1.62. The molecule has 0 aliphatic heterocycles. The number of rotatable bonds is 6. The summed E-state index contributed by atoms with van der Waals surface area (Å²) in [4.78, 5) is 0.